The molecule has 3 rings (SSSR count). The monoisotopic (exact) mass is 519 g/mol. The molecule has 11 heteroatoms. The first-order valence-corrected chi connectivity index (χ1v) is 12.0. The van der Waals surface area contributed by atoms with Gasteiger partial charge in [-0.25, -0.2) is 9.97 Å². The summed E-state index contributed by atoms with van der Waals surface area (Å²) < 4.78 is 10.3. The molecule has 0 aliphatic rings. The zero-order valence-electron chi connectivity index (χ0n) is 20.7. The molecule has 0 aliphatic heterocycles. The number of hydrogen-bond donors (Lipinski definition) is 3. The molecule has 2 aromatic carbocycles. The van der Waals surface area contributed by atoms with Crippen molar-refractivity contribution in [2.24, 2.45) is 0 Å². The zero-order chi connectivity index (χ0) is 27.3. The highest BCUT2D eigenvalue weighted by atomic mass is 16.5. The van der Waals surface area contributed by atoms with Crippen LogP contribution in [0.4, 0.5) is 11.6 Å². The predicted molar refractivity (Wildman–Crippen MR) is 138 cm³/mol. The standard InChI is InChI=1S/C27H29N5O6/c28-25-23(20(33)12-7-13-21(34)37-16-18-8-3-1-4-9-18)31-26(29)24(32-25)27(36)30-15-14-22(35)38-17-19-10-5-2-6-11-19/h1-6,8-11H,7,12-17H2,(H2,28,32)(H2,29,31)(H,30,36). The van der Waals surface area contributed by atoms with Crippen molar-refractivity contribution in [3.63, 3.8) is 0 Å². The summed E-state index contributed by atoms with van der Waals surface area (Å²) in [5.74, 6) is -2.63. The average molecular weight is 520 g/mol. The zero-order valence-corrected chi connectivity index (χ0v) is 20.7. The lowest BCUT2D eigenvalue weighted by molar-refractivity contribution is -0.145. The summed E-state index contributed by atoms with van der Waals surface area (Å²) in [6.45, 7) is 0.266. The maximum absolute atomic E-state index is 12.5. The number of rotatable bonds is 13. The highest BCUT2D eigenvalue weighted by molar-refractivity contribution is 6.01. The largest absolute Gasteiger partial charge is 0.461 e. The van der Waals surface area contributed by atoms with E-state index in [1.807, 2.05) is 60.7 Å². The van der Waals surface area contributed by atoms with Crippen molar-refractivity contribution in [3.8, 4) is 0 Å². The minimum Gasteiger partial charge on any atom is -0.461 e. The van der Waals surface area contributed by atoms with Gasteiger partial charge in [-0.3, -0.25) is 19.2 Å². The van der Waals surface area contributed by atoms with Crippen molar-refractivity contribution >= 4 is 35.3 Å². The molecular weight excluding hydrogens is 490 g/mol. The van der Waals surface area contributed by atoms with Crippen molar-refractivity contribution in [2.75, 3.05) is 18.0 Å². The second-order valence-corrected chi connectivity index (χ2v) is 8.27. The van der Waals surface area contributed by atoms with Gasteiger partial charge in [-0.2, -0.15) is 0 Å². The molecule has 0 atom stereocenters. The van der Waals surface area contributed by atoms with Gasteiger partial charge in [0.25, 0.3) is 5.91 Å². The summed E-state index contributed by atoms with van der Waals surface area (Å²) in [7, 11) is 0. The number of nitrogens with one attached hydrogen (secondary N) is 1. The van der Waals surface area contributed by atoms with Crippen LogP contribution in [0.2, 0.25) is 0 Å². The SMILES string of the molecule is Nc1nc(C(=O)NCCC(=O)OCc2ccccc2)c(N)nc1C(=O)CCCC(=O)OCc1ccccc1. The number of aromatic nitrogens is 2. The van der Waals surface area contributed by atoms with Gasteiger partial charge in [-0.1, -0.05) is 60.7 Å². The lowest BCUT2D eigenvalue weighted by atomic mass is 10.1. The third-order valence-electron chi connectivity index (χ3n) is 5.31. The van der Waals surface area contributed by atoms with E-state index < -0.39 is 23.6 Å². The Morgan fingerprint density at radius 1 is 0.684 bits per heavy atom. The number of benzene rings is 2. The number of carbonyl (C=O) groups is 4. The highest BCUT2D eigenvalue weighted by Gasteiger charge is 2.20. The molecule has 198 valence electrons. The van der Waals surface area contributed by atoms with Gasteiger partial charge in [-0.15, -0.1) is 0 Å². The number of carbonyl (C=O) groups excluding carboxylic acids is 4. The molecule has 0 radical (unpaired) electrons. The fraction of sp³-hybridized carbons (Fsp3) is 0.259. The number of amides is 1. The molecule has 0 spiro atoms. The molecule has 0 unspecified atom stereocenters. The van der Waals surface area contributed by atoms with Gasteiger partial charge in [0.05, 0.1) is 6.42 Å². The van der Waals surface area contributed by atoms with Crippen molar-refractivity contribution < 1.29 is 28.7 Å². The fourth-order valence-electron chi connectivity index (χ4n) is 3.33. The van der Waals surface area contributed by atoms with E-state index in [-0.39, 0.29) is 68.5 Å². The number of nitrogen functional groups attached to an aromatic ring is 2. The van der Waals surface area contributed by atoms with Crippen LogP contribution in [0.3, 0.4) is 0 Å². The lowest BCUT2D eigenvalue weighted by Crippen LogP contribution is -2.29. The number of nitrogens with zero attached hydrogens (tertiary/aromatic N) is 2. The van der Waals surface area contributed by atoms with Gasteiger partial charge in [0.15, 0.2) is 28.8 Å². The van der Waals surface area contributed by atoms with Crippen LogP contribution in [0.15, 0.2) is 60.7 Å². The summed E-state index contributed by atoms with van der Waals surface area (Å²) in [6, 6.07) is 18.4. The number of Topliss-reactive ketones (excluding diaryl/α,β-unsaturated/α-hetero) is 1. The first kappa shape index (κ1) is 27.8. The Kier molecular flexibility index (Phi) is 10.3. The predicted octanol–water partition coefficient (Wildman–Crippen LogP) is 2.60. The summed E-state index contributed by atoms with van der Waals surface area (Å²) in [5, 5.41) is 2.50. The highest BCUT2D eigenvalue weighted by Crippen LogP contribution is 2.16. The van der Waals surface area contributed by atoms with Crippen LogP contribution >= 0.6 is 0 Å². The van der Waals surface area contributed by atoms with Gasteiger partial charge >= 0.3 is 11.9 Å². The fourth-order valence-corrected chi connectivity index (χ4v) is 3.33. The lowest BCUT2D eigenvalue weighted by Gasteiger charge is -2.10. The minimum atomic E-state index is -0.697. The van der Waals surface area contributed by atoms with Crippen LogP contribution in [-0.4, -0.2) is 40.1 Å². The van der Waals surface area contributed by atoms with Gasteiger partial charge in [0.1, 0.15) is 13.2 Å². The molecule has 0 bridgehead atoms. The smallest absolute Gasteiger partial charge is 0.307 e. The number of hydrogen-bond acceptors (Lipinski definition) is 10. The number of ketones is 1. The molecule has 0 fully saturated rings. The van der Waals surface area contributed by atoms with E-state index in [1.165, 1.54) is 0 Å². The topological polar surface area (TPSA) is 177 Å². The third-order valence-corrected chi connectivity index (χ3v) is 5.31. The van der Waals surface area contributed by atoms with E-state index in [1.54, 1.807) is 0 Å². The second kappa shape index (κ2) is 14.1. The summed E-state index contributed by atoms with van der Waals surface area (Å²) in [4.78, 5) is 56.6. The Morgan fingerprint density at radius 2 is 1.18 bits per heavy atom. The van der Waals surface area contributed by atoms with Crippen LogP contribution in [0.25, 0.3) is 0 Å². The Balaban J connectivity index is 1.42. The third kappa shape index (κ3) is 8.70. The van der Waals surface area contributed by atoms with Crippen LogP contribution in [0, 0.1) is 0 Å². The molecular formula is C27H29N5O6. The van der Waals surface area contributed by atoms with Crippen molar-refractivity contribution in [1.29, 1.82) is 0 Å². The summed E-state index contributed by atoms with van der Waals surface area (Å²) >= 11 is 0. The molecule has 0 saturated carbocycles. The van der Waals surface area contributed by atoms with Crippen LogP contribution in [0.1, 0.15) is 57.8 Å². The number of nitrogens with two attached hydrogens (primary N) is 2. The van der Waals surface area contributed by atoms with Gasteiger partial charge < -0.3 is 26.3 Å². The van der Waals surface area contributed by atoms with E-state index in [0.717, 1.165) is 11.1 Å². The van der Waals surface area contributed by atoms with Crippen molar-refractivity contribution in [2.45, 2.75) is 38.9 Å². The molecule has 5 N–H and O–H groups in total. The van der Waals surface area contributed by atoms with Crippen LogP contribution < -0.4 is 16.8 Å². The Bertz CT molecular complexity index is 1170. The molecule has 1 heterocycles. The van der Waals surface area contributed by atoms with Crippen LogP contribution in [0.5, 0.6) is 0 Å². The molecule has 0 saturated heterocycles. The Labute approximate surface area is 219 Å². The summed E-state index contributed by atoms with van der Waals surface area (Å²) in [5.41, 5.74) is 13.0. The Hall–Kier alpha value is -4.80. The van der Waals surface area contributed by atoms with Gasteiger partial charge in [0, 0.05) is 19.4 Å². The first-order chi connectivity index (χ1) is 18.3. The Morgan fingerprint density at radius 3 is 1.76 bits per heavy atom. The molecule has 3 aromatic rings. The first-order valence-electron chi connectivity index (χ1n) is 12.0. The van der Waals surface area contributed by atoms with Gasteiger partial charge in [0.2, 0.25) is 0 Å². The van der Waals surface area contributed by atoms with E-state index in [0.29, 0.717) is 0 Å². The minimum absolute atomic E-state index is 0.0193. The summed E-state index contributed by atoms with van der Waals surface area (Å²) in [6.07, 6.45) is 0.160. The van der Waals surface area contributed by atoms with E-state index in [9.17, 15) is 19.2 Å². The average Bonchev–Trinajstić information content (AvgIpc) is 2.92. The second-order valence-electron chi connectivity index (χ2n) is 8.27. The van der Waals surface area contributed by atoms with E-state index >= 15 is 0 Å². The maximum Gasteiger partial charge on any atom is 0.307 e. The van der Waals surface area contributed by atoms with E-state index in [2.05, 4.69) is 15.3 Å². The van der Waals surface area contributed by atoms with Crippen molar-refractivity contribution in [1.82, 2.24) is 15.3 Å². The molecule has 0 aliphatic carbocycles. The quantitative estimate of drug-likeness (QED) is 0.225. The number of anilines is 2. The van der Waals surface area contributed by atoms with E-state index in [4.69, 9.17) is 20.9 Å². The maximum atomic E-state index is 12.5. The van der Waals surface area contributed by atoms with Crippen molar-refractivity contribution in [3.05, 3.63) is 83.2 Å². The number of ether oxygens (including phenoxy) is 2. The molecule has 38 heavy (non-hydrogen) atoms. The molecule has 1 aromatic heterocycles. The number of esters is 2. The normalized spacial score (nSPS) is 10.4. The van der Waals surface area contributed by atoms with Gasteiger partial charge in [-0.05, 0) is 17.5 Å². The van der Waals surface area contributed by atoms with Crippen LogP contribution in [-0.2, 0) is 32.3 Å². The molecule has 11 nitrogen and oxygen atoms in total. The molecule has 1 amide bonds.